The molecule has 0 unspecified atom stereocenters. The minimum atomic E-state index is -3.42. The van der Waals surface area contributed by atoms with Gasteiger partial charge < -0.3 is 5.32 Å². The van der Waals surface area contributed by atoms with Crippen molar-refractivity contribution < 1.29 is 8.42 Å². The molecule has 0 heterocycles. The molecule has 1 aromatic rings. The second-order valence-electron chi connectivity index (χ2n) is 6.15. The molecule has 118 valence electrons. The number of nitrogens with one attached hydrogen (secondary N) is 2. The lowest BCUT2D eigenvalue weighted by atomic mass is 10.1. The zero-order valence-corrected chi connectivity index (χ0v) is 13.7. The van der Waals surface area contributed by atoms with Crippen LogP contribution in [0.3, 0.4) is 0 Å². The maximum absolute atomic E-state index is 12.5. The first-order valence-corrected chi connectivity index (χ1v) is 9.28. The maximum Gasteiger partial charge on any atom is 0.240 e. The lowest BCUT2D eigenvalue weighted by Crippen LogP contribution is -2.30. The lowest BCUT2D eigenvalue weighted by molar-refractivity contribution is 0.518. The van der Waals surface area contributed by atoms with Crippen LogP contribution in [-0.2, 0) is 16.6 Å². The number of sulfonamides is 1. The van der Waals surface area contributed by atoms with Crippen molar-refractivity contribution in [2.45, 2.75) is 57.0 Å². The van der Waals surface area contributed by atoms with Crippen LogP contribution in [-0.4, -0.2) is 21.0 Å². The van der Waals surface area contributed by atoms with Crippen molar-refractivity contribution in [2.24, 2.45) is 5.92 Å². The fourth-order valence-corrected chi connectivity index (χ4v) is 4.10. The van der Waals surface area contributed by atoms with Crippen LogP contribution in [0, 0.1) is 5.92 Å². The van der Waals surface area contributed by atoms with Crippen molar-refractivity contribution in [3.05, 3.63) is 29.8 Å². The van der Waals surface area contributed by atoms with Gasteiger partial charge in [-0.3, -0.25) is 0 Å². The SMILES string of the molecule is CC(C)NCc1ccccc1S(=O)(=O)NCC1CCCC1. The third kappa shape index (κ3) is 4.80. The van der Waals surface area contributed by atoms with E-state index >= 15 is 0 Å². The van der Waals surface area contributed by atoms with Crippen molar-refractivity contribution in [2.75, 3.05) is 6.54 Å². The number of hydrogen-bond acceptors (Lipinski definition) is 3. The van der Waals surface area contributed by atoms with E-state index in [1.54, 1.807) is 12.1 Å². The van der Waals surface area contributed by atoms with E-state index in [0.29, 0.717) is 29.9 Å². The van der Waals surface area contributed by atoms with E-state index in [2.05, 4.69) is 23.9 Å². The molecule has 0 aromatic heterocycles. The predicted octanol–water partition coefficient (Wildman–Crippen LogP) is 2.65. The summed E-state index contributed by atoms with van der Waals surface area (Å²) in [5.74, 6) is 0.501. The molecule has 4 nitrogen and oxygen atoms in total. The molecule has 21 heavy (non-hydrogen) atoms. The molecule has 0 atom stereocenters. The summed E-state index contributed by atoms with van der Waals surface area (Å²) in [7, 11) is -3.42. The van der Waals surface area contributed by atoms with Gasteiger partial charge in [-0.05, 0) is 30.4 Å². The molecule has 1 saturated carbocycles. The number of benzene rings is 1. The van der Waals surface area contributed by atoms with E-state index in [9.17, 15) is 8.42 Å². The highest BCUT2D eigenvalue weighted by Gasteiger charge is 2.21. The molecule has 1 fully saturated rings. The van der Waals surface area contributed by atoms with Crippen LogP contribution in [0.4, 0.5) is 0 Å². The minimum Gasteiger partial charge on any atom is -0.310 e. The Bertz CT molecular complexity index is 549. The Morgan fingerprint density at radius 3 is 2.52 bits per heavy atom. The third-order valence-electron chi connectivity index (χ3n) is 4.00. The van der Waals surface area contributed by atoms with Gasteiger partial charge in [0.2, 0.25) is 10.0 Å². The monoisotopic (exact) mass is 310 g/mol. The summed E-state index contributed by atoms with van der Waals surface area (Å²) in [6, 6.07) is 7.55. The highest BCUT2D eigenvalue weighted by atomic mass is 32.2. The fraction of sp³-hybridized carbons (Fsp3) is 0.625. The highest BCUT2D eigenvalue weighted by molar-refractivity contribution is 7.89. The van der Waals surface area contributed by atoms with Gasteiger partial charge in [0.05, 0.1) is 4.90 Å². The first-order chi connectivity index (χ1) is 9.99. The molecule has 5 heteroatoms. The average Bonchev–Trinajstić information content (AvgIpc) is 2.97. The Labute approximate surface area is 128 Å². The van der Waals surface area contributed by atoms with E-state index in [-0.39, 0.29) is 0 Å². The first-order valence-electron chi connectivity index (χ1n) is 7.80. The molecule has 0 aliphatic heterocycles. The average molecular weight is 310 g/mol. The molecule has 0 amide bonds. The molecule has 2 N–H and O–H groups in total. The predicted molar refractivity (Wildman–Crippen MR) is 85.6 cm³/mol. The zero-order valence-electron chi connectivity index (χ0n) is 12.9. The van der Waals surface area contributed by atoms with Gasteiger partial charge in [0.25, 0.3) is 0 Å². The Morgan fingerprint density at radius 2 is 1.86 bits per heavy atom. The molecule has 0 spiro atoms. The summed E-state index contributed by atoms with van der Waals surface area (Å²) in [6.07, 6.45) is 4.72. The maximum atomic E-state index is 12.5. The van der Waals surface area contributed by atoms with E-state index in [0.717, 1.165) is 18.4 Å². The molecular formula is C16H26N2O2S. The summed E-state index contributed by atoms with van der Waals surface area (Å²) in [6.45, 7) is 5.23. The van der Waals surface area contributed by atoms with Crippen molar-refractivity contribution in [3.8, 4) is 0 Å². The van der Waals surface area contributed by atoms with Gasteiger partial charge in [-0.1, -0.05) is 44.9 Å². The van der Waals surface area contributed by atoms with E-state index in [1.807, 2.05) is 12.1 Å². The van der Waals surface area contributed by atoms with Gasteiger partial charge in [-0.2, -0.15) is 0 Å². The Balaban J connectivity index is 2.07. The van der Waals surface area contributed by atoms with Gasteiger partial charge in [-0.25, -0.2) is 13.1 Å². The van der Waals surface area contributed by atoms with Crippen LogP contribution in [0.25, 0.3) is 0 Å². The van der Waals surface area contributed by atoms with Gasteiger partial charge in [-0.15, -0.1) is 0 Å². The molecule has 1 aliphatic carbocycles. The van der Waals surface area contributed by atoms with Crippen LogP contribution in [0.15, 0.2) is 29.2 Å². The van der Waals surface area contributed by atoms with Crippen molar-refractivity contribution in [1.82, 2.24) is 10.0 Å². The van der Waals surface area contributed by atoms with Crippen LogP contribution >= 0.6 is 0 Å². The standard InChI is InChI=1S/C16H26N2O2S/c1-13(2)17-12-15-9-5-6-10-16(15)21(19,20)18-11-14-7-3-4-8-14/h5-6,9-10,13-14,17-18H,3-4,7-8,11-12H2,1-2H3. The zero-order chi connectivity index (χ0) is 15.3. The number of hydrogen-bond donors (Lipinski definition) is 2. The summed E-state index contributed by atoms with van der Waals surface area (Å²) >= 11 is 0. The second kappa shape index (κ2) is 7.38. The molecule has 1 aromatic carbocycles. The van der Waals surface area contributed by atoms with Gasteiger partial charge in [0.15, 0.2) is 0 Å². The van der Waals surface area contributed by atoms with Crippen LogP contribution < -0.4 is 10.0 Å². The Hall–Kier alpha value is -0.910. The van der Waals surface area contributed by atoms with Crippen molar-refractivity contribution in [3.63, 3.8) is 0 Å². The highest BCUT2D eigenvalue weighted by Crippen LogP contribution is 2.24. The van der Waals surface area contributed by atoms with Gasteiger partial charge in [0, 0.05) is 19.1 Å². The largest absolute Gasteiger partial charge is 0.310 e. The lowest BCUT2D eigenvalue weighted by Gasteiger charge is -2.15. The van der Waals surface area contributed by atoms with Gasteiger partial charge >= 0.3 is 0 Å². The molecule has 0 saturated heterocycles. The fourth-order valence-electron chi connectivity index (χ4n) is 2.75. The normalized spacial score (nSPS) is 16.7. The van der Waals surface area contributed by atoms with Crippen LogP contribution in [0.2, 0.25) is 0 Å². The molecule has 1 aliphatic rings. The Kier molecular flexibility index (Phi) is 5.79. The molecular weight excluding hydrogens is 284 g/mol. The molecule has 0 radical (unpaired) electrons. The van der Waals surface area contributed by atoms with Crippen LogP contribution in [0.1, 0.15) is 45.1 Å². The van der Waals surface area contributed by atoms with Crippen molar-refractivity contribution >= 4 is 10.0 Å². The summed E-state index contributed by atoms with van der Waals surface area (Å²) < 4.78 is 27.8. The summed E-state index contributed by atoms with van der Waals surface area (Å²) in [5.41, 5.74) is 0.824. The smallest absolute Gasteiger partial charge is 0.240 e. The molecule has 2 rings (SSSR count). The van der Waals surface area contributed by atoms with E-state index < -0.39 is 10.0 Å². The van der Waals surface area contributed by atoms with E-state index in [4.69, 9.17) is 0 Å². The van der Waals surface area contributed by atoms with E-state index in [1.165, 1.54) is 12.8 Å². The summed E-state index contributed by atoms with van der Waals surface area (Å²) in [5, 5.41) is 3.28. The number of rotatable bonds is 7. The van der Waals surface area contributed by atoms with Crippen LogP contribution in [0.5, 0.6) is 0 Å². The topological polar surface area (TPSA) is 58.2 Å². The quantitative estimate of drug-likeness (QED) is 0.814. The Morgan fingerprint density at radius 1 is 1.19 bits per heavy atom. The second-order valence-corrected chi connectivity index (χ2v) is 7.88. The first kappa shape index (κ1) is 16.5. The minimum absolute atomic E-state index is 0.326. The van der Waals surface area contributed by atoms with Crippen molar-refractivity contribution in [1.29, 1.82) is 0 Å². The molecule has 0 bridgehead atoms. The summed E-state index contributed by atoms with van der Waals surface area (Å²) in [4.78, 5) is 0.399. The third-order valence-corrected chi connectivity index (χ3v) is 5.52. The van der Waals surface area contributed by atoms with Gasteiger partial charge in [0.1, 0.15) is 0 Å².